The first kappa shape index (κ1) is 15.4. The molecule has 1 atom stereocenters. The summed E-state index contributed by atoms with van der Waals surface area (Å²) in [5.41, 5.74) is 2.88. The number of benzene rings is 1. The van der Waals surface area contributed by atoms with E-state index in [0.717, 1.165) is 31.9 Å². The van der Waals surface area contributed by atoms with E-state index in [1.54, 1.807) is 4.90 Å². The second kappa shape index (κ2) is 6.37. The van der Waals surface area contributed by atoms with E-state index < -0.39 is 6.10 Å². The maximum atomic E-state index is 12.5. The van der Waals surface area contributed by atoms with E-state index in [4.69, 9.17) is 0 Å². The zero-order valence-electron chi connectivity index (χ0n) is 13.6. The highest BCUT2D eigenvalue weighted by Crippen LogP contribution is 2.18. The Kier molecular flexibility index (Phi) is 4.08. The van der Waals surface area contributed by atoms with Gasteiger partial charge in [0.2, 0.25) is 0 Å². The molecule has 2 aliphatic rings. The van der Waals surface area contributed by atoms with Gasteiger partial charge in [0, 0.05) is 32.7 Å². The molecular weight excluding hydrogens is 304 g/mol. The molecule has 1 unspecified atom stereocenters. The third kappa shape index (κ3) is 3.07. The number of aromatic nitrogens is 2. The van der Waals surface area contributed by atoms with E-state index in [1.165, 1.54) is 5.56 Å². The smallest absolute Gasteiger partial charge is 0.274 e. The van der Waals surface area contributed by atoms with Gasteiger partial charge in [-0.05, 0) is 18.1 Å². The van der Waals surface area contributed by atoms with Crippen LogP contribution in [0.2, 0.25) is 0 Å². The molecule has 1 aromatic heterocycles. The molecule has 2 aromatic rings. The minimum absolute atomic E-state index is 0.0666. The van der Waals surface area contributed by atoms with Gasteiger partial charge < -0.3 is 10.0 Å². The van der Waals surface area contributed by atoms with Gasteiger partial charge in [-0.1, -0.05) is 30.3 Å². The second-order valence-corrected chi connectivity index (χ2v) is 6.63. The predicted octanol–water partition coefficient (Wildman–Crippen LogP) is 1.11. The quantitative estimate of drug-likeness (QED) is 0.918. The Balaban J connectivity index is 1.45. The molecule has 0 saturated carbocycles. The Morgan fingerprint density at radius 1 is 1.21 bits per heavy atom. The number of fused-ring (bicyclic) bond motifs is 1. The number of aliphatic hydroxyl groups excluding tert-OH is 1. The van der Waals surface area contributed by atoms with Crippen molar-refractivity contribution in [2.24, 2.45) is 0 Å². The molecule has 6 nitrogen and oxygen atoms in total. The number of nitrogens with zero attached hydrogens (tertiary/aromatic N) is 4. The van der Waals surface area contributed by atoms with E-state index in [9.17, 15) is 9.90 Å². The van der Waals surface area contributed by atoms with Crippen LogP contribution in [0, 0.1) is 0 Å². The number of hydrogen-bond acceptors (Lipinski definition) is 4. The number of amides is 1. The molecule has 0 aliphatic carbocycles. The van der Waals surface area contributed by atoms with Crippen LogP contribution in [0.1, 0.15) is 28.2 Å². The van der Waals surface area contributed by atoms with Crippen molar-refractivity contribution in [3.8, 4) is 0 Å². The highest BCUT2D eigenvalue weighted by atomic mass is 16.3. The molecule has 3 heterocycles. The van der Waals surface area contributed by atoms with E-state index in [2.05, 4.69) is 34.3 Å². The van der Waals surface area contributed by atoms with E-state index in [1.807, 2.05) is 16.8 Å². The van der Waals surface area contributed by atoms with Crippen LogP contribution in [0.25, 0.3) is 0 Å². The van der Waals surface area contributed by atoms with Gasteiger partial charge in [0.15, 0.2) is 5.69 Å². The van der Waals surface area contributed by atoms with Crippen molar-refractivity contribution in [2.75, 3.05) is 19.6 Å². The third-order valence-electron chi connectivity index (χ3n) is 4.80. The number of carbonyl (C=O) groups is 1. The van der Waals surface area contributed by atoms with Gasteiger partial charge in [0.05, 0.1) is 18.3 Å². The average Bonchev–Trinajstić information content (AvgIpc) is 3.21. The summed E-state index contributed by atoms with van der Waals surface area (Å²) in [4.78, 5) is 16.6. The minimum Gasteiger partial charge on any atom is -0.391 e. The van der Waals surface area contributed by atoms with Gasteiger partial charge in [-0.15, -0.1) is 0 Å². The van der Waals surface area contributed by atoms with Crippen molar-refractivity contribution in [3.63, 3.8) is 0 Å². The van der Waals surface area contributed by atoms with Crippen molar-refractivity contribution >= 4 is 5.91 Å². The molecule has 24 heavy (non-hydrogen) atoms. The maximum absolute atomic E-state index is 12.5. The van der Waals surface area contributed by atoms with Crippen LogP contribution in [-0.2, 0) is 19.6 Å². The summed E-state index contributed by atoms with van der Waals surface area (Å²) in [6.45, 7) is 4.48. The summed E-state index contributed by atoms with van der Waals surface area (Å²) in [6, 6.07) is 12.3. The Bertz CT molecular complexity index is 728. The van der Waals surface area contributed by atoms with Crippen LogP contribution in [0.4, 0.5) is 0 Å². The monoisotopic (exact) mass is 326 g/mol. The van der Waals surface area contributed by atoms with E-state index >= 15 is 0 Å². The fraction of sp³-hybridized carbons (Fsp3) is 0.444. The number of aliphatic hydroxyl groups is 1. The Morgan fingerprint density at radius 2 is 2.04 bits per heavy atom. The largest absolute Gasteiger partial charge is 0.391 e. The van der Waals surface area contributed by atoms with Gasteiger partial charge >= 0.3 is 0 Å². The fourth-order valence-corrected chi connectivity index (χ4v) is 3.49. The first-order chi connectivity index (χ1) is 11.7. The van der Waals surface area contributed by atoms with Crippen molar-refractivity contribution in [1.82, 2.24) is 19.6 Å². The lowest BCUT2D eigenvalue weighted by atomic mass is 10.2. The van der Waals surface area contributed by atoms with Gasteiger partial charge in [-0.3, -0.25) is 14.4 Å². The zero-order chi connectivity index (χ0) is 16.5. The molecule has 1 fully saturated rings. The van der Waals surface area contributed by atoms with Crippen LogP contribution < -0.4 is 0 Å². The third-order valence-corrected chi connectivity index (χ3v) is 4.80. The molecule has 1 aromatic carbocycles. The topological polar surface area (TPSA) is 61.6 Å². The highest BCUT2D eigenvalue weighted by Gasteiger charge is 2.28. The zero-order valence-corrected chi connectivity index (χ0v) is 13.6. The van der Waals surface area contributed by atoms with Gasteiger partial charge in [-0.2, -0.15) is 5.10 Å². The molecule has 1 N–H and O–H groups in total. The molecule has 1 amide bonds. The van der Waals surface area contributed by atoms with Crippen LogP contribution in [0.5, 0.6) is 0 Å². The predicted molar refractivity (Wildman–Crippen MR) is 89.3 cm³/mol. The molecule has 126 valence electrons. The van der Waals surface area contributed by atoms with Crippen LogP contribution >= 0.6 is 0 Å². The van der Waals surface area contributed by atoms with Gasteiger partial charge in [-0.25, -0.2) is 0 Å². The number of rotatable bonds is 3. The van der Waals surface area contributed by atoms with Crippen LogP contribution in [0.3, 0.4) is 0 Å². The van der Waals surface area contributed by atoms with Crippen molar-refractivity contribution < 1.29 is 9.90 Å². The number of hydrogen-bond donors (Lipinski definition) is 1. The minimum atomic E-state index is -0.396. The molecule has 4 rings (SSSR count). The summed E-state index contributed by atoms with van der Waals surface area (Å²) in [7, 11) is 0. The van der Waals surface area contributed by atoms with Crippen molar-refractivity contribution in [1.29, 1.82) is 0 Å². The maximum Gasteiger partial charge on any atom is 0.274 e. The number of likely N-dealkylation sites (tertiary alicyclic amines) is 1. The SMILES string of the molecule is O=C(c1cc2n(n1)CCN(Cc1ccccc1)C2)N1CCC(O)C1. The summed E-state index contributed by atoms with van der Waals surface area (Å²) < 4.78 is 1.95. The molecule has 0 spiro atoms. The lowest BCUT2D eigenvalue weighted by molar-refractivity contribution is 0.0758. The summed E-state index contributed by atoms with van der Waals surface area (Å²) in [5.74, 6) is -0.0666. The lowest BCUT2D eigenvalue weighted by Crippen LogP contribution is -2.33. The normalized spacial score (nSPS) is 21.0. The Morgan fingerprint density at radius 3 is 2.79 bits per heavy atom. The van der Waals surface area contributed by atoms with Crippen molar-refractivity contribution in [3.05, 3.63) is 53.3 Å². The molecule has 1 saturated heterocycles. The number of β-amino-alcohol motifs (C(OH)–C–C–N with tert-alkyl or cyclic N) is 1. The summed E-state index contributed by atoms with van der Waals surface area (Å²) in [6.07, 6.45) is 0.261. The molecule has 6 heteroatoms. The van der Waals surface area contributed by atoms with E-state index in [-0.39, 0.29) is 5.91 Å². The first-order valence-electron chi connectivity index (χ1n) is 8.49. The van der Waals surface area contributed by atoms with Crippen LogP contribution in [0.15, 0.2) is 36.4 Å². The Hall–Kier alpha value is -2.18. The summed E-state index contributed by atoms with van der Waals surface area (Å²) in [5, 5.41) is 14.1. The first-order valence-corrected chi connectivity index (χ1v) is 8.49. The van der Waals surface area contributed by atoms with Gasteiger partial charge in [0.1, 0.15) is 0 Å². The van der Waals surface area contributed by atoms with Gasteiger partial charge in [0.25, 0.3) is 5.91 Å². The Labute approximate surface area is 141 Å². The van der Waals surface area contributed by atoms with Crippen molar-refractivity contribution in [2.45, 2.75) is 32.2 Å². The molecular formula is C18H22N4O2. The summed E-state index contributed by atoms with van der Waals surface area (Å²) >= 11 is 0. The van der Waals surface area contributed by atoms with E-state index in [0.29, 0.717) is 25.2 Å². The second-order valence-electron chi connectivity index (χ2n) is 6.63. The highest BCUT2D eigenvalue weighted by molar-refractivity contribution is 5.92. The molecule has 0 radical (unpaired) electrons. The molecule has 0 bridgehead atoms. The lowest BCUT2D eigenvalue weighted by Gasteiger charge is -2.27. The fourth-order valence-electron chi connectivity index (χ4n) is 3.49. The molecule has 2 aliphatic heterocycles. The standard InChI is InChI=1S/C18H22N4O2/c23-16-6-7-21(13-16)18(24)17-10-15-12-20(8-9-22(15)19-17)11-14-4-2-1-3-5-14/h1-5,10,16,23H,6-9,11-13H2. The van der Waals surface area contributed by atoms with Crippen LogP contribution in [-0.4, -0.2) is 56.3 Å². The number of carbonyl (C=O) groups excluding carboxylic acids is 1. The average molecular weight is 326 g/mol.